The first-order valence-electron chi connectivity index (χ1n) is 9.46. The van der Waals surface area contributed by atoms with Crippen LogP contribution in [0.1, 0.15) is 30.2 Å². The zero-order valence-electron chi connectivity index (χ0n) is 15.4. The number of hydrogen-bond donors (Lipinski definition) is 2. The second kappa shape index (κ2) is 7.44. The van der Waals surface area contributed by atoms with E-state index in [0.29, 0.717) is 35.4 Å². The van der Waals surface area contributed by atoms with Gasteiger partial charge in [0.1, 0.15) is 11.9 Å². The van der Waals surface area contributed by atoms with Gasteiger partial charge in [-0.2, -0.15) is 0 Å². The molecule has 2 fully saturated rings. The van der Waals surface area contributed by atoms with E-state index in [2.05, 4.69) is 9.88 Å². The van der Waals surface area contributed by atoms with Crippen LogP contribution in [-0.4, -0.2) is 45.8 Å². The van der Waals surface area contributed by atoms with Gasteiger partial charge in [0.15, 0.2) is 11.6 Å². The number of aliphatic hydroxyl groups is 1. The maximum absolute atomic E-state index is 14.2. The second-order valence-electron chi connectivity index (χ2n) is 7.79. The van der Waals surface area contributed by atoms with Crippen LogP contribution in [0.2, 0.25) is 0 Å². The molecule has 1 aliphatic carbocycles. The normalized spacial score (nSPS) is 26.1. The lowest BCUT2D eigenvalue weighted by Gasteiger charge is -2.22. The minimum Gasteiger partial charge on any atom is -0.506 e. The van der Waals surface area contributed by atoms with Gasteiger partial charge in [0.05, 0.1) is 18.0 Å². The lowest BCUT2D eigenvalue weighted by Crippen LogP contribution is -2.29. The summed E-state index contributed by atoms with van der Waals surface area (Å²) in [6.45, 7) is 4.10. The highest BCUT2D eigenvalue weighted by molar-refractivity contribution is 5.30. The number of nitrogens with zero attached hydrogens (tertiary/aromatic N) is 2. The predicted molar refractivity (Wildman–Crippen MR) is 99.1 cm³/mol. The molecule has 2 aliphatic rings. The van der Waals surface area contributed by atoms with Crippen molar-refractivity contribution in [3.63, 3.8) is 0 Å². The van der Waals surface area contributed by atoms with Gasteiger partial charge >= 0.3 is 0 Å². The van der Waals surface area contributed by atoms with E-state index in [1.165, 1.54) is 12.3 Å². The van der Waals surface area contributed by atoms with Crippen LogP contribution in [0, 0.1) is 24.6 Å². The molecule has 1 unspecified atom stereocenters. The Morgan fingerprint density at radius 3 is 2.63 bits per heavy atom. The molecule has 4 atom stereocenters. The molecule has 1 aromatic carbocycles. The average Bonchev–Trinajstić information content (AvgIpc) is 3.17. The van der Waals surface area contributed by atoms with Gasteiger partial charge in [-0.3, -0.25) is 9.88 Å². The van der Waals surface area contributed by atoms with Crippen molar-refractivity contribution in [3.05, 3.63) is 53.6 Å². The summed E-state index contributed by atoms with van der Waals surface area (Å²) in [7, 11) is 0. The van der Waals surface area contributed by atoms with Crippen LogP contribution in [0.5, 0.6) is 11.5 Å². The number of fused-ring (bicyclic) bond motifs is 1. The van der Waals surface area contributed by atoms with E-state index in [1.54, 1.807) is 25.1 Å². The van der Waals surface area contributed by atoms with Gasteiger partial charge in [0.2, 0.25) is 0 Å². The number of aromatic hydroxyl groups is 1. The van der Waals surface area contributed by atoms with Crippen LogP contribution in [-0.2, 0) is 0 Å². The number of ether oxygens (including phenoxy) is 1. The van der Waals surface area contributed by atoms with Crippen LogP contribution in [0.15, 0.2) is 36.5 Å². The summed E-state index contributed by atoms with van der Waals surface area (Å²) in [4.78, 5) is 6.35. The molecule has 5 nitrogen and oxygen atoms in total. The molecule has 27 heavy (non-hydrogen) atoms. The largest absolute Gasteiger partial charge is 0.506 e. The smallest absolute Gasteiger partial charge is 0.167 e. The fraction of sp³-hybridized carbons (Fsp3) is 0.476. The molecule has 2 N–H and O–H groups in total. The van der Waals surface area contributed by atoms with Crippen molar-refractivity contribution in [2.24, 2.45) is 11.8 Å². The highest BCUT2D eigenvalue weighted by atomic mass is 19.1. The lowest BCUT2D eigenvalue weighted by molar-refractivity contribution is 0.112. The van der Waals surface area contributed by atoms with Crippen LogP contribution in [0.3, 0.4) is 0 Å². The molecule has 144 valence electrons. The fourth-order valence-corrected chi connectivity index (χ4v) is 4.41. The molecular formula is C21H25FN2O3. The van der Waals surface area contributed by atoms with Gasteiger partial charge in [0.25, 0.3) is 0 Å². The van der Waals surface area contributed by atoms with Crippen LogP contribution < -0.4 is 4.74 Å². The molecule has 2 heterocycles. The van der Waals surface area contributed by atoms with E-state index in [4.69, 9.17) is 4.74 Å². The highest BCUT2D eigenvalue weighted by Crippen LogP contribution is 2.40. The fourth-order valence-electron chi connectivity index (χ4n) is 4.41. The molecule has 4 rings (SSSR count). The van der Waals surface area contributed by atoms with Crippen molar-refractivity contribution in [1.82, 2.24) is 9.88 Å². The monoisotopic (exact) mass is 372 g/mol. The molecule has 0 bridgehead atoms. The quantitative estimate of drug-likeness (QED) is 0.845. The Morgan fingerprint density at radius 1 is 1.22 bits per heavy atom. The highest BCUT2D eigenvalue weighted by Gasteiger charge is 2.42. The lowest BCUT2D eigenvalue weighted by atomic mass is 10.0. The topological polar surface area (TPSA) is 65.8 Å². The van der Waals surface area contributed by atoms with E-state index in [0.717, 1.165) is 25.9 Å². The van der Waals surface area contributed by atoms with Crippen molar-refractivity contribution in [1.29, 1.82) is 0 Å². The van der Waals surface area contributed by atoms with Crippen LogP contribution >= 0.6 is 0 Å². The third kappa shape index (κ3) is 3.92. The Kier molecular flexibility index (Phi) is 5.02. The van der Waals surface area contributed by atoms with E-state index in [1.807, 2.05) is 6.07 Å². The van der Waals surface area contributed by atoms with Crippen molar-refractivity contribution >= 4 is 0 Å². The third-order valence-electron chi connectivity index (χ3n) is 5.78. The maximum Gasteiger partial charge on any atom is 0.167 e. The third-order valence-corrected chi connectivity index (χ3v) is 5.78. The minimum atomic E-state index is -0.669. The summed E-state index contributed by atoms with van der Waals surface area (Å²) in [6.07, 6.45) is 2.58. The van der Waals surface area contributed by atoms with E-state index in [9.17, 15) is 14.6 Å². The Hall–Kier alpha value is -2.18. The standard InChI is InChI=1S/C21H25FN2O3/c1-13-3-2-4-20(21(13)22)27-17-7-14-10-24(11-15(14)8-17)12-19(26)18-6-5-16(25)9-23-18/h2-6,9,14-15,17,19,25-26H,7-8,10-12H2,1H3/t14-,15+,17-,19?. The number of pyridine rings is 1. The van der Waals surface area contributed by atoms with Gasteiger partial charge in [-0.05, 0) is 55.4 Å². The van der Waals surface area contributed by atoms with Crippen molar-refractivity contribution in [3.8, 4) is 11.5 Å². The molecule has 1 saturated heterocycles. The number of aryl methyl sites for hydroxylation is 1. The Labute approximate surface area is 158 Å². The van der Waals surface area contributed by atoms with Crippen molar-refractivity contribution in [2.75, 3.05) is 19.6 Å². The van der Waals surface area contributed by atoms with Crippen molar-refractivity contribution in [2.45, 2.75) is 32.0 Å². The minimum absolute atomic E-state index is 0.0575. The number of benzene rings is 1. The van der Waals surface area contributed by atoms with E-state index in [-0.39, 0.29) is 17.7 Å². The molecule has 0 spiro atoms. The summed E-state index contributed by atoms with van der Waals surface area (Å²) in [5, 5.41) is 19.7. The Morgan fingerprint density at radius 2 is 1.96 bits per heavy atom. The second-order valence-corrected chi connectivity index (χ2v) is 7.79. The van der Waals surface area contributed by atoms with E-state index >= 15 is 0 Å². The first kappa shape index (κ1) is 18.2. The molecule has 0 radical (unpaired) electrons. The number of halogens is 1. The zero-order valence-corrected chi connectivity index (χ0v) is 15.4. The maximum atomic E-state index is 14.2. The molecule has 0 amide bonds. The number of aromatic nitrogens is 1. The van der Waals surface area contributed by atoms with Gasteiger partial charge in [0, 0.05) is 19.6 Å². The molecule has 1 saturated carbocycles. The summed E-state index contributed by atoms with van der Waals surface area (Å²) >= 11 is 0. The summed E-state index contributed by atoms with van der Waals surface area (Å²) in [5.41, 5.74) is 1.18. The first-order chi connectivity index (χ1) is 13.0. The van der Waals surface area contributed by atoms with Gasteiger partial charge in [-0.1, -0.05) is 12.1 Å². The number of aliphatic hydroxyl groups excluding tert-OH is 1. The van der Waals surface area contributed by atoms with Gasteiger partial charge in [-0.25, -0.2) is 4.39 Å². The summed E-state index contributed by atoms with van der Waals surface area (Å²) < 4.78 is 20.1. The number of hydrogen-bond acceptors (Lipinski definition) is 5. The van der Waals surface area contributed by atoms with Crippen molar-refractivity contribution < 1.29 is 19.3 Å². The van der Waals surface area contributed by atoms with Gasteiger partial charge < -0.3 is 14.9 Å². The molecular weight excluding hydrogens is 347 g/mol. The Bertz CT molecular complexity index is 785. The SMILES string of the molecule is Cc1cccc(O[C@@H]2C[C@@H]3CN(CC(O)c4ccc(O)cn4)C[C@@H]3C2)c1F. The van der Waals surface area contributed by atoms with Gasteiger partial charge in [-0.15, -0.1) is 0 Å². The molecule has 2 aromatic rings. The zero-order chi connectivity index (χ0) is 19.0. The summed E-state index contributed by atoms with van der Waals surface area (Å²) in [6, 6.07) is 8.46. The molecule has 1 aromatic heterocycles. The number of likely N-dealkylation sites (tertiary alicyclic amines) is 1. The number of β-amino-alcohol motifs (C(OH)–C–C–N with tert-alkyl or cyclic N) is 1. The molecule has 1 aliphatic heterocycles. The Balaban J connectivity index is 1.30. The van der Waals surface area contributed by atoms with Crippen LogP contribution in [0.25, 0.3) is 0 Å². The van der Waals surface area contributed by atoms with Crippen LogP contribution in [0.4, 0.5) is 4.39 Å². The molecule has 6 heteroatoms. The predicted octanol–water partition coefficient (Wildman–Crippen LogP) is 3.06. The van der Waals surface area contributed by atoms with E-state index < -0.39 is 6.10 Å². The summed E-state index contributed by atoms with van der Waals surface area (Å²) in [5.74, 6) is 1.22. The first-order valence-corrected chi connectivity index (χ1v) is 9.46. The average molecular weight is 372 g/mol. The number of rotatable bonds is 5.